The third-order valence-corrected chi connectivity index (χ3v) is 1.97. The molecular weight excluding hydrogens is 172 g/mol. The molecule has 1 heterocycles. The predicted molar refractivity (Wildman–Crippen MR) is 47.1 cm³/mol. The maximum Gasteiger partial charge on any atom is 0.386 e. The molecule has 0 spiro atoms. The van der Waals surface area contributed by atoms with Crippen LogP contribution in [-0.2, 0) is 20.0 Å². The number of nitrogens with two attached hydrogens (primary N) is 1. The Morgan fingerprint density at radius 2 is 2.31 bits per heavy atom. The Hall–Kier alpha value is -1.43. The average molecular weight is 184 g/mol. The lowest BCUT2D eigenvalue weighted by molar-refractivity contribution is -0.390. The number of nitro groups is 1. The molecule has 0 saturated heterocycles. The molecule has 0 aliphatic carbocycles. The van der Waals surface area contributed by atoms with Crippen molar-refractivity contribution in [3.8, 4) is 0 Å². The maximum absolute atomic E-state index is 10.5. The monoisotopic (exact) mass is 184 g/mol. The van der Waals surface area contributed by atoms with Gasteiger partial charge in [0.2, 0.25) is 5.82 Å². The van der Waals surface area contributed by atoms with E-state index in [9.17, 15) is 10.1 Å². The highest BCUT2D eigenvalue weighted by Gasteiger charge is 2.22. The van der Waals surface area contributed by atoms with Crippen molar-refractivity contribution in [1.82, 2.24) is 9.55 Å². The topological polar surface area (TPSA) is 87.0 Å². The second-order valence-corrected chi connectivity index (χ2v) is 2.67. The molecule has 0 amide bonds. The second kappa shape index (κ2) is 3.53. The summed E-state index contributed by atoms with van der Waals surface area (Å²) in [7, 11) is 1.74. The van der Waals surface area contributed by atoms with E-state index in [2.05, 4.69) is 4.98 Å². The van der Waals surface area contributed by atoms with Crippen molar-refractivity contribution in [3.05, 3.63) is 21.6 Å². The van der Waals surface area contributed by atoms with Crippen molar-refractivity contribution < 1.29 is 4.92 Å². The third kappa shape index (κ3) is 1.52. The lowest BCUT2D eigenvalue weighted by Crippen LogP contribution is -2.07. The first-order valence-electron chi connectivity index (χ1n) is 4.00. The molecule has 1 aromatic heterocycles. The molecule has 0 atom stereocenters. The minimum atomic E-state index is -0.499. The van der Waals surface area contributed by atoms with E-state index >= 15 is 0 Å². The molecule has 0 aliphatic heterocycles. The Bertz CT molecular complexity index is 331. The van der Waals surface area contributed by atoms with Gasteiger partial charge in [-0.25, -0.2) is 0 Å². The molecule has 6 heteroatoms. The Labute approximate surface area is 75.5 Å². The summed E-state index contributed by atoms with van der Waals surface area (Å²) in [5.41, 5.74) is 5.87. The number of aromatic nitrogens is 2. The van der Waals surface area contributed by atoms with Crippen LogP contribution in [0.25, 0.3) is 0 Å². The average Bonchev–Trinajstić information content (AvgIpc) is 2.42. The summed E-state index contributed by atoms with van der Waals surface area (Å²) in [6.07, 6.45) is 0.664. The van der Waals surface area contributed by atoms with Gasteiger partial charge in [-0.05, 0) is 9.91 Å². The normalized spacial score (nSPS) is 10.4. The van der Waals surface area contributed by atoms with Crippen LogP contribution in [0.5, 0.6) is 0 Å². The summed E-state index contributed by atoms with van der Waals surface area (Å²) in [5, 5.41) is 10.5. The number of hydrogen-bond donors (Lipinski definition) is 1. The van der Waals surface area contributed by atoms with Crippen LogP contribution in [-0.4, -0.2) is 14.5 Å². The number of imidazole rings is 1. The van der Waals surface area contributed by atoms with Crippen LogP contribution in [0.1, 0.15) is 18.4 Å². The van der Waals surface area contributed by atoms with Gasteiger partial charge in [0.05, 0.1) is 0 Å². The van der Waals surface area contributed by atoms with Gasteiger partial charge in [-0.2, -0.15) is 0 Å². The van der Waals surface area contributed by atoms with Crippen LogP contribution in [0.2, 0.25) is 0 Å². The summed E-state index contributed by atoms with van der Waals surface area (Å²) in [5.74, 6) is 0.564. The molecule has 0 unspecified atom stereocenters. The van der Waals surface area contributed by atoms with Crippen molar-refractivity contribution in [3.63, 3.8) is 0 Å². The molecule has 13 heavy (non-hydrogen) atoms. The van der Waals surface area contributed by atoms with Crippen molar-refractivity contribution >= 4 is 5.82 Å². The number of aryl methyl sites for hydroxylation is 1. The predicted octanol–water partition coefficient (Wildman–Crippen LogP) is 0.349. The molecular formula is C7H12N4O2. The first kappa shape index (κ1) is 9.66. The molecule has 6 nitrogen and oxygen atoms in total. The Morgan fingerprint density at radius 3 is 2.62 bits per heavy atom. The minimum absolute atomic E-state index is 0.123. The van der Waals surface area contributed by atoms with Crippen LogP contribution in [0, 0.1) is 10.1 Å². The summed E-state index contributed by atoms with van der Waals surface area (Å²) in [6, 6.07) is 0. The Morgan fingerprint density at radius 1 is 1.69 bits per heavy atom. The van der Waals surface area contributed by atoms with E-state index in [1.54, 1.807) is 11.6 Å². The van der Waals surface area contributed by atoms with Crippen LogP contribution in [0.15, 0.2) is 0 Å². The highest BCUT2D eigenvalue weighted by molar-refractivity contribution is 5.29. The quantitative estimate of drug-likeness (QED) is 0.542. The van der Waals surface area contributed by atoms with E-state index < -0.39 is 4.92 Å². The molecule has 0 aliphatic rings. The maximum atomic E-state index is 10.5. The Kier molecular flexibility index (Phi) is 2.62. The summed E-state index contributed by atoms with van der Waals surface area (Å²) in [4.78, 5) is 13.9. The minimum Gasteiger partial charge on any atom is -0.358 e. The largest absolute Gasteiger partial charge is 0.386 e. The van der Waals surface area contributed by atoms with Crippen molar-refractivity contribution in [2.45, 2.75) is 19.9 Å². The molecule has 72 valence electrons. The standard InChI is InChI=1S/C7H12N4O2/c1-3-6-9-7(11(12)13)5(4-8)10(6)2/h3-4,8H2,1-2H3. The van der Waals surface area contributed by atoms with E-state index in [1.807, 2.05) is 6.92 Å². The molecule has 1 rings (SSSR count). The summed E-state index contributed by atoms with van der Waals surface area (Å²) in [6.45, 7) is 2.03. The zero-order valence-corrected chi connectivity index (χ0v) is 7.65. The van der Waals surface area contributed by atoms with Gasteiger partial charge in [0.1, 0.15) is 5.69 Å². The van der Waals surface area contributed by atoms with Crippen LogP contribution < -0.4 is 5.73 Å². The fraction of sp³-hybridized carbons (Fsp3) is 0.571. The summed E-state index contributed by atoms with van der Waals surface area (Å²) >= 11 is 0. The molecule has 0 saturated carbocycles. The molecule has 0 radical (unpaired) electrons. The van der Waals surface area contributed by atoms with Gasteiger partial charge in [0.25, 0.3) is 0 Å². The first-order chi connectivity index (χ1) is 6.11. The third-order valence-electron chi connectivity index (χ3n) is 1.97. The van der Waals surface area contributed by atoms with Gasteiger partial charge in [-0.1, -0.05) is 6.92 Å². The van der Waals surface area contributed by atoms with Gasteiger partial charge >= 0.3 is 5.82 Å². The first-order valence-corrected chi connectivity index (χ1v) is 4.00. The molecule has 0 aromatic carbocycles. The van der Waals surface area contributed by atoms with E-state index in [4.69, 9.17) is 5.73 Å². The molecule has 2 N–H and O–H groups in total. The van der Waals surface area contributed by atoms with Gasteiger partial charge in [0, 0.05) is 20.0 Å². The molecule has 0 bridgehead atoms. The second-order valence-electron chi connectivity index (χ2n) is 2.67. The van der Waals surface area contributed by atoms with E-state index in [-0.39, 0.29) is 12.4 Å². The van der Waals surface area contributed by atoms with E-state index in [0.29, 0.717) is 17.9 Å². The van der Waals surface area contributed by atoms with Gasteiger partial charge in [0.15, 0.2) is 0 Å². The number of rotatable bonds is 3. The lowest BCUT2D eigenvalue weighted by atomic mass is 10.4. The highest BCUT2D eigenvalue weighted by Crippen LogP contribution is 2.17. The van der Waals surface area contributed by atoms with Crippen molar-refractivity contribution in [1.29, 1.82) is 0 Å². The van der Waals surface area contributed by atoms with Gasteiger partial charge in [-0.15, -0.1) is 0 Å². The highest BCUT2D eigenvalue weighted by atomic mass is 16.6. The van der Waals surface area contributed by atoms with E-state index in [0.717, 1.165) is 0 Å². The smallest absolute Gasteiger partial charge is 0.358 e. The van der Waals surface area contributed by atoms with Gasteiger partial charge in [-0.3, -0.25) is 0 Å². The SMILES string of the molecule is CCc1nc([N+](=O)[O-])c(CN)n1C. The zero-order chi connectivity index (χ0) is 10.0. The Balaban J connectivity index is 3.27. The van der Waals surface area contributed by atoms with Crippen molar-refractivity contribution in [2.24, 2.45) is 12.8 Å². The van der Waals surface area contributed by atoms with Crippen molar-refractivity contribution in [2.75, 3.05) is 0 Å². The lowest BCUT2D eigenvalue weighted by Gasteiger charge is -1.97. The molecule has 0 fully saturated rings. The number of hydrogen-bond acceptors (Lipinski definition) is 4. The van der Waals surface area contributed by atoms with Crippen LogP contribution >= 0.6 is 0 Å². The zero-order valence-electron chi connectivity index (χ0n) is 7.65. The number of nitrogens with zero attached hydrogens (tertiary/aromatic N) is 3. The summed E-state index contributed by atoms with van der Waals surface area (Å²) < 4.78 is 1.68. The fourth-order valence-corrected chi connectivity index (χ4v) is 1.26. The van der Waals surface area contributed by atoms with Crippen LogP contribution in [0.4, 0.5) is 5.82 Å². The van der Waals surface area contributed by atoms with Gasteiger partial charge < -0.3 is 20.4 Å². The van der Waals surface area contributed by atoms with Crippen LogP contribution in [0.3, 0.4) is 0 Å². The fourth-order valence-electron chi connectivity index (χ4n) is 1.26. The van der Waals surface area contributed by atoms with E-state index in [1.165, 1.54) is 0 Å². The molecule has 1 aromatic rings.